The number of nitrogens with zero attached hydrogens (tertiary/aromatic N) is 2. The summed E-state index contributed by atoms with van der Waals surface area (Å²) < 4.78 is 38.8. The lowest BCUT2D eigenvalue weighted by Crippen LogP contribution is -2.22. The Morgan fingerprint density at radius 3 is 2.50 bits per heavy atom. The van der Waals surface area contributed by atoms with E-state index in [-0.39, 0.29) is 12.4 Å². The Hall–Kier alpha value is -2.24. The van der Waals surface area contributed by atoms with Crippen molar-refractivity contribution >= 4 is 11.5 Å². The highest BCUT2D eigenvalue weighted by Crippen LogP contribution is 2.35. The van der Waals surface area contributed by atoms with E-state index in [0.717, 1.165) is 11.6 Å². The van der Waals surface area contributed by atoms with Crippen LogP contribution in [0.25, 0.3) is 0 Å². The van der Waals surface area contributed by atoms with Gasteiger partial charge in [-0.3, -0.25) is 0 Å². The number of hydrogen-bond acceptors (Lipinski definition) is 3. The van der Waals surface area contributed by atoms with Crippen LogP contribution in [-0.2, 0) is 12.7 Å². The quantitative estimate of drug-likeness (QED) is 0.878. The molecule has 0 amide bonds. The maximum atomic E-state index is 12.9. The summed E-state index contributed by atoms with van der Waals surface area (Å²) in [7, 11) is 1.56. The van der Waals surface area contributed by atoms with Crippen LogP contribution in [0.3, 0.4) is 0 Å². The minimum absolute atomic E-state index is 0.108. The van der Waals surface area contributed by atoms with Gasteiger partial charge in [0.1, 0.15) is 5.82 Å². The van der Waals surface area contributed by atoms with Gasteiger partial charge in [0.15, 0.2) is 0 Å². The van der Waals surface area contributed by atoms with Gasteiger partial charge in [-0.25, -0.2) is 4.98 Å². The number of halogens is 3. The number of anilines is 2. The number of benzene rings is 1. The number of aromatic nitrogens is 1. The van der Waals surface area contributed by atoms with E-state index in [9.17, 15) is 13.2 Å². The maximum Gasteiger partial charge on any atom is 0.419 e. The monoisotopic (exact) mass is 281 g/mol. The lowest BCUT2D eigenvalue weighted by molar-refractivity contribution is -0.137. The number of nitrogen functional groups attached to an aromatic ring is 1. The van der Waals surface area contributed by atoms with E-state index in [0.29, 0.717) is 5.69 Å². The lowest BCUT2D eigenvalue weighted by atomic mass is 10.1. The zero-order valence-electron chi connectivity index (χ0n) is 10.9. The number of rotatable bonds is 3. The smallest absolute Gasteiger partial charge is 0.398 e. The molecule has 0 saturated heterocycles. The van der Waals surface area contributed by atoms with Crippen molar-refractivity contribution in [2.24, 2.45) is 0 Å². The van der Waals surface area contributed by atoms with Crippen LogP contribution in [0.2, 0.25) is 0 Å². The molecule has 106 valence electrons. The predicted octanol–water partition coefficient (Wildman–Crippen LogP) is 3.32. The highest BCUT2D eigenvalue weighted by molar-refractivity contribution is 5.52. The largest absolute Gasteiger partial charge is 0.419 e. The summed E-state index contributed by atoms with van der Waals surface area (Å²) in [6.07, 6.45) is -3.09. The summed E-state index contributed by atoms with van der Waals surface area (Å²) >= 11 is 0. The Morgan fingerprint density at radius 1 is 1.15 bits per heavy atom. The molecule has 1 aromatic carbocycles. The van der Waals surface area contributed by atoms with Gasteiger partial charge in [-0.15, -0.1) is 0 Å². The molecule has 2 aromatic rings. The Labute approximate surface area is 114 Å². The van der Waals surface area contributed by atoms with Crippen molar-refractivity contribution < 1.29 is 13.2 Å². The first-order valence-corrected chi connectivity index (χ1v) is 5.96. The Morgan fingerprint density at radius 2 is 1.85 bits per heavy atom. The number of hydrogen-bond donors (Lipinski definition) is 1. The molecule has 0 unspecified atom stereocenters. The van der Waals surface area contributed by atoms with E-state index in [1.807, 2.05) is 0 Å². The van der Waals surface area contributed by atoms with Crippen LogP contribution in [-0.4, -0.2) is 12.0 Å². The molecule has 1 aromatic heterocycles. The molecule has 0 saturated carbocycles. The van der Waals surface area contributed by atoms with E-state index in [1.165, 1.54) is 17.2 Å². The van der Waals surface area contributed by atoms with Gasteiger partial charge in [0.05, 0.1) is 5.56 Å². The van der Waals surface area contributed by atoms with Crippen LogP contribution >= 0.6 is 0 Å². The van der Waals surface area contributed by atoms with E-state index in [1.54, 1.807) is 31.3 Å². The standard InChI is InChI=1S/C14H14F3N3/c1-20(9-10-5-2-3-7-12(10)18)13-11(14(15,16)17)6-4-8-19-13/h2-8H,9,18H2,1H3. The van der Waals surface area contributed by atoms with Crippen LogP contribution in [0.1, 0.15) is 11.1 Å². The molecule has 0 fully saturated rings. The average molecular weight is 281 g/mol. The molecule has 0 atom stereocenters. The SMILES string of the molecule is CN(Cc1ccccc1N)c1ncccc1C(F)(F)F. The van der Waals surface area contributed by atoms with Gasteiger partial charge in [-0.05, 0) is 23.8 Å². The van der Waals surface area contributed by atoms with E-state index < -0.39 is 11.7 Å². The molecule has 0 aliphatic carbocycles. The summed E-state index contributed by atoms with van der Waals surface area (Å²) in [5.41, 5.74) is 6.35. The van der Waals surface area contributed by atoms with Crippen molar-refractivity contribution in [2.75, 3.05) is 17.7 Å². The summed E-state index contributed by atoms with van der Waals surface area (Å²) in [5.74, 6) is -0.108. The third-order valence-corrected chi connectivity index (χ3v) is 2.92. The molecule has 0 bridgehead atoms. The number of pyridine rings is 1. The van der Waals surface area contributed by atoms with Gasteiger partial charge in [-0.1, -0.05) is 18.2 Å². The van der Waals surface area contributed by atoms with Crippen molar-refractivity contribution in [3.63, 3.8) is 0 Å². The molecular formula is C14H14F3N3. The second-order valence-electron chi connectivity index (χ2n) is 4.43. The first-order chi connectivity index (χ1) is 9.39. The second-order valence-corrected chi connectivity index (χ2v) is 4.43. The van der Waals surface area contributed by atoms with E-state index in [4.69, 9.17) is 5.73 Å². The Balaban J connectivity index is 2.31. The molecule has 6 heteroatoms. The highest BCUT2D eigenvalue weighted by Gasteiger charge is 2.35. The molecule has 2 rings (SSSR count). The van der Waals surface area contributed by atoms with Crippen LogP contribution in [0.5, 0.6) is 0 Å². The third kappa shape index (κ3) is 3.01. The van der Waals surface area contributed by atoms with Gasteiger partial charge in [-0.2, -0.15) is 13.2 Å². The van der Waals surface area contributed by atoms with Crippen molar-refractivity contribution in [2.45, 2.75) is 12.7 Å². The Bertz CT molecular complexity index is 596. The van der Waals surface area contributed by atoms with Gasteiger partial charge in [0.25, 0.3) is 0 Å². The summed E-state index contributed by atoms with van der Waals surface area (Å²) in [5, 5.41) is 0. The van der Waals surface area contributed by atoms with E-state index in [2.05, 4.69) is 4.98 Å². The second kappa shape index (κ2) is 5.40. The molecule has 2 N–H and O–H groups in total. The van der Waals surface area contributed by atoms with Crippen LogP contribution in [0.4, 0.5) is 24.7 Å². The lowest BCUT2D eigenvalue weighted by Gasteiger charge is -2.22. The first-order valence-electron chi connectivity index (χ1n) is 5.96. The number of nitrogens with two attached hydrogens (primary N) is 1. The maximum absolute atomic E-state index is 12.9. The van der Waals surface area contributed by atoms with Crippen molar-refractivity contribution in [3.8, 4) is 0 Å². The summed E-state index contributed by atoms with van der Waals surface area (Å²) in [6, 6.07) is 9.36. The minimum atomic E-state index is -4.43. The first kappa shape index (κ1) is 14.2. The zero-order valence-corrected chi connectivity index (χ0v) is 10.9. The van der Waals surface area contributed by atoms with Crippen LogP contribution in [0.15, 0.2) is 42.6 Å². The normalized spacial score (nSPS) is 11.4. The van der Waals surface area contributed by atoms with Gasteiger partial charge in [0.2, 0.25) is 0 Å². The van der Waals surface area contributed by atoms with Crippen LogP contribution in [0, 0.1) is 0 Å². The minimum Gasteiger partial charge on any atom is -0.398 e. The predicted molar refractivity (Wildman–Crippen MR) is 72.2 cm³/mol. The summed E-state index contributed by atoms with van der Waals surface area (Å²) in [4.78, 5) is 5.28. The molecular weight excluding hydrogens is 267 g/mol. The van der Waals surface area contributed by atoms with Crippen molar-refractivity contribution in [1.29, 1.82) is 0 Å². The zero-order chi connectivity index (χ0) is 14.8. The van der Waals surface area contributed by atoms with Gasteiger partial charge < -0.3 is 10.6 Å². The number of alkyl halides is 3. The van der Waals surface area contributed by atoms with Crippen molar-refractivity contribution in [1.82, 2.24) is 4.98 Å². The average Bonchev–Trinajstić information content (AvgIpc) is 2.40. The van der Waals surface area contributed by atoms with Gasteiger partial charge >= 0.3 is 6.18 Å². The molecule has 1 heterocycles. The van der Waals surface area contributed by atoms with E-state index >= 15 is 0 Å². The van der Waals surface area contributed by atoms with Crippen LogP contribution < -0.4 is 10.6 Å². The third-order valence-electron chi connectivity index (χ3n) is 2.92. The fraction of sp³-hybridized carbons (Fsp3) is 0.214. The Kier molecular flexibility index (Phi) is 3.83. The fourth-order valence-corrected chi connectivity index (χ4v) is 1.93. The molecule has 0 radical (unpaired) electrons. The molecule has 0 aliphatic rings. The number of para-hydroxylation sites is 1. The fourth-order valence-electron chi connectivity index (χ4n) is 1.93. The van der Waals surface area contributed by atoms with Gasteiger partial charge in [0, 0.05) is 25.5 Å². The topological polar surface area (TPSA) is 42.1 Å². The molecule has 0 aliphatic heterocycles. The molecule has 0 spiro atoms. The van der Waals surface area contributed by atoms with Crippen molar-refractivity contribution in [3.05, 3.63) is 53.7 Å². The molecule has 20 heavy (non-hydrogen) atoms. The highest BCUT2D eigenvalue weighted by atomic mass is 19.4. The summed E-state index contributed by atoms with van der Waals surface area (Å²) in [6.45, 7) is 0.257. The molecule has 3 nitrogen and oxygen atoms in total.